The van der Waals surface area contributed by atoms with E-state index in [9.17, 15) is 19.5 Å². The number of carboxylic acids is 1. The molecule has 0 bridgehead atoms. The lowest BCUT2D eigenvalue weighted by Crippen LogP contribution is -2.42. The Morgan fingerprint density at radius 1 is 0.941 bits per heavy atom. The van der Waals surface area contributed by atoms with Gasteiger partial charge in [0.1, 0.15) is 6.04 Å². The topological polar surface area (TPSA) is 98.7 Å². The molecule has 2 unspecified atom stereocenters. The summed E-state index contributed by atoms with van der Waals surface area (Å²) in [4.78, 5) is 38.4. The summed E-state index contributed by atoms with van der Waals surface area (Å²) in [6, 6.07) is 19.0. The van der Waals surface area contributed by atoms with Crippen molar-refractivity contribution in [2.75, 3.05) is 10.6 Å². The zero-order chi connectivity index (χ0) is 24.4. The first kappa shape index (κ1) is 23.0. The first-order valence-electron chi connectivity index (χ1n) is 11.2. The molecule has 0 saturated heterocycles. The molecule has 3 N–H and O–H groups in total. The van der Waals surface area contributed by atoms with Gasteiger partial charge in [-0.05, 0) is 67.3 Å². The third kappa shape index (κ3) is 4.50. The van der Waals surface area contributed by atoms with Gasteiger partial charge in [-0.1, -0.05) is 48.9 Å². The molecular formula is C27H27N3O4. The number of hydrogen-bond acceptors (Lipinski definition) is 3. The zero-order valence-corrected chi connectivity index (χ0v) is 19.3. The van der Waals surface area contributed by atoms with E-state index in [1.165, 1.54) is 4.90 Å². The number of aliphatic carboxylic acids is 1. The second-order valence-corrected chi connectivity index (χ2v) is 8.48. The summed E-state index contributed by atoms with van der Waals surface area (Å²) in [5, 5.41) is 15.1. The van der Waals surface area contributed by atoms with Crippen LogP contribution in [-0.4, -0.2) is 34.0 Å². The number of urea groups is 1. The summed E-state index contributed by atoms with van der Waals surface area (Å²) in [5.74, 6) is -1.25. The Morgan fingerprint density at radius 3 is 2.06 bits per heavy atom. The number of hydrogen-bond donors (Lipinski definition) is 3. The lowest BCUT2D eigenvalue weighted by molar-refractivity contribution is -0.143. The fraction of sp³-hybridized carbons (Fsp3) is 0.222. The predicted molar refractivity (Wildman–Crippen MR) is 132 cm³/mol. The Balaban J connectivity index is 1.48. The number of anilines is 2. The minimum absolute atomic E-state index is 0.260. The molecule has 2 atom stereocenters. The van der Waals surface area contributed by atoms with E-state index in [2.05, 4.69) is 10.6 Å². The molecule has 0 spiro atoms. The van der Waals surface area contributed by atoms with Crippen LogP contribution in [0.2, 0.25) is 0 Å². The van der Waals surface area contributed by atoms with Gasteiger partial charge in [-0.3, -0.25) is 4.79 Å². The highest BCUT2D eigenvalue weighted by Gasteiger charge is 2.40. The molecule has 3 amide bonds. The van der Waals surface area contributed by atoms with Crippen LogP contribution >= 0.6 is 0 Å². The van der Waals surface area contributed by atoms with Crippen molar-refractivity contribution in [3.63, 3.8) is 0 Å². The Kier molecular flexibility index (Phi) is 6.36. The molecule has 3 aromatic rings. The van der Waals surface area contributed by atoms with Crippen LogP contribution in [-0.2, 0) is 4.79 Å². The van der Waals surface area contributed by atoms with E-state index in [1.54, 1.807) is 19.1 Å². The number of nitrogens with zero attached hydrogens (tertiary/aromatic N) is 1. The third-order valence-corrected chi connectivity index (χ3v) is 6.18. The number of fused-ring (bicyclic) bond motifs is 1. The largest absolute Gasteiger partial charge is 0.480 e. The van der Waals surface area contributed by atoms with E-state index in [4.69, 9.17) is 0 Å². The number of benzene rings is 3. The van der Waals surface area contributed by atoms with Crippen LogP contribution in [0.1, 0.15) is 47.8 Å². The fourth-order valence-electron chi connectivity index (χ4n) is 4.33. The normalized spacial score (nSPS) is 15.6. The Morgan fingerprint density at radius 2 is 1.50 bits per heavy atom. The molecule has 174 valence electrons. The minimum Gasteiger partial charge on any atom is -0.480 e. The number of nitrogens with one attached hydrogen (secondary N) is 2. The predicted octanol–water partition coefficient (Wildman–Crippen LogP) is 5.69. The molecule has 0 radical (unpaired) electrons. The molecule has 3 aromatic carbocycles. The Hall–Kier alpha value is -4.13. The molecule has 0 fully saturated rings. The first-order chi connectivity index (χ1) is 16.3. The van der Waals surface area contributed by atoms with Crippen molar-refractivity contribution < 1.29 is 19.5 Å². The summed E-state index contributed by atoms with van der Waals surface area (Å²) in [7, 11) is 0. The second-order valence-electron chi connectivity index (χ2n) is 8.48. The second kappa shape index (κ2) is 9.39. The van der Waals surface area contributed by atoms with Crippen molar-refractivity contribution in [3.05, 3.63) is 83.4 Å². The lowest BCUT2D eigenvalue weighted by Gasteiger charge is -2.28. The zero-order valence-electron chi connectivity index (χ0n) is 19.3. The van der Waals surface area contributed by atoms with Crippen LogP contribution < -0.4 is 10.6 Å². The molecule has 1 aliphatic heterocycles. The van der Waals surface area contributed by atoms with Gasteiger partial charge in [-0.25, -0.2) is 9.59 Å². The highest BCUT2D eigenvalue weighted by molar-refractivity contribution is 6.02. The van der Waals surface area contributed by atoms with Gasteiger partial charge in [0.05, 0.1) is 6.04 Å². The standard InChI is InChI=1S/C27H27N3O4/c1-4-24(26(32)33)30-17(3)22-14-9-19(15-23(22)25(30)31)18-7-12-21(13-8-18)29-27(34)28-20-10-5-16(2)6-11-20/h5-15,17,24H,4H2,1-3H3,(H,32,33)(H2,28,29,34). The third-order valence-electron chi connectivity index (χ3n) is 6.18. The minimum atomic E-state index is -0.995. The molecule has 0 aromatic heterocycles. The average Bonchev–Trinajstić information content (AvgIpc) is 3.06. The van der Waals surface area contributed by atoms with Gasteiger partial charge < -0.3 is 20.6 Å². The molecule has 4 rings (SSSR count). The quantitative estimate of drug-likeness (QED) is 0.443. The van der Waals surface area contributed by atoms with Crippen molar-refractivity contribution in [2.24, 2.45) is 0 Å². The molecular weight excluding hydrogens is 430 g/mol. The molecule has 7 heteroatoms. The summed E-state index contributed by atoms with van der Waals surface area (Å²) in [6.45, 7) is 5.61. The molecule has 7 nitrogen and oxygen atoms in total. The van der Waals surface area contributed by atoms with Crippen LogP contribution in [0.15, 0.2) is 66.7 Å². The number of carbonyl (C=O) groups excluding carboxylic acids is 2. The maximum atomic E-state index is 13.0. The fourth-order valence-corrected chi connectivity index (χ4v) is 4.33. The van der Waals surface area contributed by atoms with Crippen molar-refractivity contribution >= 4 is 29.3 Å². The Bertz CT molecular complexity index is 1240. The van der Waals surface area contributed by atoms with E-state index in [0.717, 1.165) is 22.3 Å². The van der Waals surface area contributed by atoms with E-state index < -0.39 is 12.0 Å². The van der Waals surface area contributed by atoms with Gasteiger partial charge in [0, 0.05) is 16.9 Å². The van der Waals surface area contributed by atoms with Crippen LogP contribution in [0.5, 0.6) is 0 Å². The SMILES string of the molecule is CCC(C(=O)O)N1C(=O)c2cc(-c3ccc(NC(=O)Nc4ccc(C)cc4)cc3)ccc2C1C. The van der Waals surface area contributed by atoms with Crippen molar-refractivity contribution in [3.8, 4) is 11.1 Å². The summed E-state index contributed by atoms with van der Waals surface area (Å²) >= 11 is 0. The van der Waals surface area contributed by atoms with Gasteiger partial charge in [-0.2, -0.15) is 0 Å². The average molecular weight is 458 g/mol. The summed E-state index contributed by atoms with van der Waals surface area (Å²) < 4.78 is 0. The molecule has 0 saturated carbocycles. The van der Waals surface area contributed by atoms with Crippen LogP contribution in [0.4, 0.5) is 16.2 Å². The highest BCUT2D eigenvalue weighted by Crippen LogP contribution is 2.38. The first-order valence-corrected chi connectivity index (χ1v) is 11.2. The lowest BCUT2D eigenvalue weighted by atomic mass is 9.98. The maximum Gasteiger partial charge on any atom is 0.326 e. The number of carboxylic acid groups (broad SMARTS) is 1. The van der Waals surface area contributed by atoms with Crippen molar-refractivity contribution in [2.45, 2.75) is 39.3 Å². The number of rotatable bonds is 6. The molecule has 0 aliphatic carbocycles. The van der Waals surface area contributed by atoms with E-state index in [0.29, 0.717) is 23.4 Å². The summed E-state index contributed by atoms with van der Waals surface area (Å²) in [5.41, 5.74) is 5.56. The maximum absolute atomic E-state index is 13.0. The smallest absolute Gasteiger partial charge is 0.326 e. The van der Waals surface area contributed by atoms with Crippen LogP contribution in [0.25, 0.3) is 11.1 Å². The van der Waals surface area contributed by atoms with Crippen molar-refractivity contribution in [1.82, 2.24) is 4.90 Å². The number of carbonyl (C=O) groups is 3. The van der Waals surface area contributed by atoms with E-state index >= 15 is 0 Å². The van der Waals surface area contributed by atoms with Gasteiger partial charge >= 0.3 is 12.0 Å². The number of aryl methyl sites for hydroxylation is 1. The monoisotopic (exact) mass is 457 g/mol. The molecule has 34 heavy (non-hydrogen) atoms. The van der Waals surface area contributed by atoms with E-state index in [-0.39, 0.29) is 18.0 Å². The molecule has 1 aliphatic rings. The number of amides is 3. The van der Waals surface area contributed by atoms with Gasteiger partial charge in [-0.15, -0.1) is 0 Å². The van der Waals surface area contributed by atoms with Crippen molar-refractivity contribution in [1.29, 1.82) is 0 Å². The van der Waals surface area contributed by atoms with Crippen LogP contribution in [0, 0.1) is 6.92 Å². The van der Waals surface area contributed by atoms with Gasteiger partial charge in [0.2, 0.25) is 0 Å². The van der Waals surface area contributed by atoms with Crippen LogP contribution in [0.3, 0.4) is 0 Å². The van der Waals surface area contributed by atoms with Gasteiger partial charge in [0.25, 0.3) is 5.91 Å². The van der Waals surface area contributed by atoms with E-state index in [1.807, 2.05) is 68.4 Å². The highest BCUT2D eigenvalue weighted by atomic mass is 16.4. The Labute approximate surface area is 198 Å². The van der Waals surface area contributed by atoms with Gasteiger partial charge in [0.15, 0.2) is 0 Å². The molecule has 1 heterocycles. The summed E-state index contributed by atoms with van der Waals surface area (Å²) in [6.07, 6.45) is 0.345.